The molecule has 2 aromatic heterocycles. The van der Waals surface area contributed by atoms with Crippen LogP contribution in [0.2, 0.25) is 0 Å². The number of rotatable bonds is 7. The number of aryl methyl sites for hydroxylation is 2. The highest BCUT2D eigenvalue weighted by atomic mass is 16.3. The van der Waals surface area contributed by atoms with Gasteiger partial charge in [-0.2, -0.15) is 5.10 Å². The number of carbonyl (C=O) groups excluding carboxylic acids is 1. The van der Waals surface area contributed by atoms with Crippen molar-refractivity contribution in [2.45, 2.75) is 32.7 Å². The molecule has 0 spiro atoms. The molecule has 2 rings (SSSR count). The van der Waals surface area contributed by atoms with E-state index in [2.05, 4.69) is 10.4 Å². The highest BCUT2D eigenvalue weighted by Crippen LogP contribution is 2.18. The molecule has 1 N–H and O–H groups in total. The van der Waals surface area contributed by atoms with E-state index in [0.29, 0.717) is 19.4 Å². The van der Waals surface area contributed by atoms with Gasteiger partial charge in [-0.1, -0.05) is 0 Å². The number of carbonyl (C=O) groups is 1. The molecule has 0 bridgehead atoms. The number of nitrogens with zero attached hydrogens (tertiary/aromatic N) is 3. The fraction of sp³-hybridized carbons (Fsp3) is 0.529. The Hall–Kier alpha value is -2.08. The van der Waals surface area contributed by atoms with E-state index in [-0.39, 0.29) is 11.9 Å². The maximum atomic E-state index is 12.2. The van der Waals surface area contributed by atoms with Crippen LogP contribution < -0.4 is 5.32 Å². The van der Waals surface area contributed by atoms with Crippen LogP contribution in [0.15, 0.2) is 22.8 Å². The summed E-state index contributed by atoms with van der Waals surface area (Å²) in [5.74, 6) is 0.903. The quantitative estimate of drug-likeness (QED) is 0.848. The topological polar surface area (TPSA) is 63.3 Å². The first-order chi connectivity index (χ1) is 10.9. The molecule has 0 aliphatic heterocycles. The Balaban J connectivity index is 1.87. The predicted molar refractivity (Wildman–Crippen MR) is 89.1 cm³/mol. The molecule has 1 amide bonds. The van der Waals surface area contributed by atoms with Crippen molar-refractivity contribution in [1.29, 1.82) is 0 Å². The van der Waals surface area contributed by atoms with Crippen molar-refractivity contribution in [1.82, 2.24) is 20.0 Å². The maximum Gasteiger partial charge on any atom is 0.220 e. The zero-order valence-electron chi connectivity index (χ0n) is 14.6. The second-order valence-electron chi connectivity index (χ2n) is 6.07. The molecule has 0 saturated heterocycles. The van der Waals surface area contributed by atoms with Gasteiger partial charge >= 0.3 is 0 Å². The first-order valence-corrected chi connectivity index (χ1v) is 7.85. The van der Waals surface area contributed by atoms with Crippen LogP contribution in [0.1, 0.15) is 35.2 Å². The smallest absolute Gasteiger partial charge is 0.220 e. The summed E-state index contributed by atoms with van der Waals surface area (Å²) in [6.07, 6.45) is 2.83. The van der Waals surface area contributed by atoms with Crippen molar-refractivity contribution >= 4 is 5.91 Å². The summed E-state index contributed by atoms with van der Waals surface area (Å²) in [5, 5.41) is 7.39. The Kier molecular flexibility index (Phi) is 5.60. The number of nitrogens with one attached hydrogen (secondary N) is 1. The number of amides is 1. The summed E-state index contributed by atoms with van der Waals surface area (Å²) < 4.78 is 7.31. The molecule has 6 nitrogen and oxygen atoms in total. The molecular formula is C17H26N4O2. The summed E-state index contributed by atoms with van der Waals surface area (Å²) >= 11 is 0. The van der Waals surface area contributed by atoms with Crippen molar-refractivity contribution in [3.8, 4) is 0 Å². The molecule has 0 aliphatic rings. The molecule has 2 aromatic rings. The van der Waals surface area contributed by atoms with Crippen LogP contribution in [-0.4, -0.2) is 41.2 Å². The summed E-state index contributed by atoms with van der Waals surface area (Å²) in [4.78, 5) is 14.2. The van der Waals surface area contributed by atoms with E-state index in [4.69, 9.17) is 4.42 Å². The van der Waals surface area contributed by atoms with E-state index in [1.54, 1.807) is 6.26 Å². The Bertz CT molecular complexity index is 644. The number of aromatic nitrogens is 2. The lowest BCUT2D eigenvalue weighted by Crippen LogP contribution is -2.34. The van der Waals surface area contributed by atoms with Crippen molar-refractivity contribution in [3.05, 3.63) is 41.1 Å². The number of likely N-dealkylation sites (N-methyl/N-ethyl adjacent to an activating group) is 1. The average Bonchev–Trinajstić information content (AvgIpc) is 3.08. The van der Waals surface area contributed by atoms with Crippen LogP contribution in [0.5, 0.6) is 0 Å². The van der Waals surface area contributed by atoms with E-state index < -0.39 is 0 Å². The van der Waals surface area contributed by atoms with Gasteiger partial charge in [0.2, 0.25) is 5.91 Å². The summed E-state index contributed by atoms with van der Waals surface area (Å²) in [5.41, 5.74) is 3.29. The van der Waals surface area contributed by atoms with Crippen LogP contribution in [0.3, 0.4) is 0 Å². The van der Waals surface area contributed by atoms with Crippen molar-refractivity contribution in [2.75, 3.05) is 20.6 Å². The van der Waals surface area contributed by atoms with Crippen molar-refractivity contribution in [2.24, 2.45) is 7.05 Å². The van der Waals surface area contributed by atoms with Gasteiger partial charge in [-0.05, 0) is 52.1 Å². The monoisotopic (exact) mass is 318 g/mol. The molecule has 0 aromatic carbocycles. The van der Waals surface area contributed by atoms with Gasteiger partial charge in [0.15, 0.2) is 0 Å². The van der Waals surface area contributed by atoms with Crippen LogP contribution >= 0.6 is 0 Å². The van der Waals surface area contributed by atoms with Crippen LogP contribution in [0.25, 0.3) is 0 Å². The lowest BCUT2D eigenvalue weighted by atomic mass is 10.1. The minimum Gasteiger partial charge on any atom is -0.468 e. The lowest BCUT2D eigenvalue weighted by molar-refractivity contribution is -0.121. The van der Waals surface area contributed by atoms with Gasteiger partial charge in [0.25, 0.3) is 0 Å². The Morgan fingerprint density at radius 2 is 2.17 bits per heavy atom. The van der Waals surface area contributed by atoms with Crippen LogP contribution in [0.4, 0.5) is 0 Å². The fourth-order valence-corrected chi connectivity index (χ4v) is 2.74. The average molecular weight is 318 g/mol. The molecule has 0 radical (unpaired) electrons. The van der Waals surface area contributed by atoms with Crippen LogP contribution in [0, 0.1) is 13.8 Å². The molecule has 2 heterocycles. The first-order valence-electron chi connectivity index (χ1n) is 7.85. The third-order valence-electron chi connectivity index (χ3n) is 4.25. The van der Waals surface area contributed by atoms with Gasteiger partial charge in [0.1, 0.15) is 5.76 Å². The van der Waals surface area contributed by atoms with E-state index >= 15 is 0 Å². The Morgan fingerprint density at radius 1 is 1.43 bits per heavy atom. The van der Waals surface area contributed by atoms with Gasteiger partial charge in [0.05, 0.1) is 18.0 Å². The Labute approximate surface area is 137 Å². The number of furan rings is 1. The van der Waals surface area contributed by atoms with E-state index in [1.165, 1.54) is 0 Å². The highest BCUT2D eigenvalue weighted by Gasteiger charge is 2.18. The van der Waals surface area contributed by atoms with Gasteiger partial charge in [-0.25, -0.2) is 0 Å². The third-order valence-corrected chi connectivity index (χ3v) is 4.25. The molecule has 0 aliphatic carbocycles. The summed E-state index contributed by atoms with van der Waals surface area (Å²) in [7, 11) is 5.88. The molecule has 23 heavy (non-hydrogen) atoms. The largest absolute Gasteiger partial charge is 0.468 e. The maximum absolute atomic E-state index is 12.2. The third kappa shape index (κ3) is 4.22. The van der Waals surface area contributed by atoms with E-state index in [9.17, 15) is 4.79 Å². The number of hydrogen-bond acceptors (Lipinski definition) is 4. The molecule has 6 heteroatoms. The Morgan fingerprint density at radius 3 is 2.70 bits per heavy atom. The molecule has 126 valence electrons. The van der Waals surface area contributed by atoms with Gasteiger partial charge in [0, 0.05) is 25.7 Å². The van der Waals surface area contributed by atoms with E-state index in [1.807, 2.05) is 56.7 Å². The highest BCUT2D eigenvalue weighted by molar-refractivity contribution is 5.76. The fourth-order valence-electron chi connectivity index (χ4n) is 2.74. The molecule has 1 unspecified atom stereocenters. The summed E-state index contributed by atoms with van der Waals surface area (Å²) in [6, 6.07) is 3.83. The minimum atomic E-state index is 0.0378. The molecule has 0 fully saturated rings. The standard InChI is InChI=1S/C17H26N4O2/c1-12-14(13(2)21(5)19-12)8-9-17(22)18-11-15(20(3)4)16-7-6-10-23-16/h6-7,10,15H,8-9,11H2,1-5H3,(H,18,22). The van der Waals surface area contributed by atoms with E-state index in [0.717, 1.165) is 22.7 Å². The van der Waals surface area contributed by atoms with Crippen molar-refractivity contribution < 1.29 is 9.21 Å². The number of hydrogen-bond donors (Lipinski definition) is 1. The van der Waals surface area contributed by atoms with Gasteiger partial charge in [-0.3, -0.25) is 14.4 Å². The lowest BCUT2D eigenvalue weighted by Gasteiger charge is -2.22. The van der Waals surface area contributed by atoms with Gasteiger partial charge < -0.3 is 9.73 Å². The van der Waals surface area contributed by atoms with Crippen LogP contribution in [-0.2, 0) is 18.3 Å². The second-order valence-corrected chi connectivity index (χ2v) is 6.07. The zero-order valence-corrected chi connectivity index (χ0v) is 14.6. The summed E-state index contributed by atoms with van der Waals surface area (Å²) in [6.45, 7) is 4.55. The molecular weight excluding hydrogens is 292 g/mol. The minimum absolute atomic E-state index is 0.0378. The normalized spacial score (nSPS) is 12.6. The van der Waals surface area contributed by atoms with Crippen molar-refractivity contribution in [3.63, 3.8) is 0 Å². The second kappa shape index (κ2) is 7.46. The van der Waals surface area contributed by atoms with Gasteiger partial charge in [-0.15, -0.1) is 0 Å². The molecule has 0 saturated carbocycles. The zero-order chi connectivity index (χ0) is 17.0. The molecule has 1 atom stereocenters. The predicted octanol–water partition coefficient (Wildman–Crippen LogP) is 1.98. The SMILES string of the molecule is Cc1nn(C)c(C)c1CCC(=O)NCC(c1ccco1)N(C)C. The first kappa shape index (κ1) is 17.3.